The van der Waals surface area contributed by atoms with E-state index < -0.39 is 22.1 Å². The highest BCUT2D eigenvalue weighted by Gasteiger charge is 2.25. The molecular formula is C26H26N4O4S. The number of carbonyl (C=O) groups excluding carboxylic acids is 1. The number of methoxy groups -OCH3 is 1. The van der Waals surface area contributed by atoms with E-state index in [0.717, 1.165) is 22.6 Å². The Bertz CT molecular complexity index is 1390. The highest BCUT2D eigenvalue weighted by molar-refractivity contribution is 7.90. The van der Waals surface area contributed by atoms with Crippen molar-refractivity contribution in [1.29, 1.82) is 0 Å². The first-order valence-corrected chi connectivity index (χ1v) is 12.4. The average molecular weight is 491 g/mol. The fourth-order valence-corrected chi connectivity index (χ4v) is 4.77. The first kappa shape index (κ1) is 24.0. The van der Waals surface area contributed by atoms with E-state index in [2.05, 4.69) is 15.0 Å². The fourth-order valence-electron chi connectivity index (χ4n) is 3.84. The van der Waals surface area contributed by atoms with E-state index in [1.165, 1.54) is 12.1 Å². The highest BCUT2D eigenvalue weighted by Crippen LogP contribution is 2.30. The minimum absolute atomic E-state index is 0.00603. The summed E-state index contributed by atoms with van der Waals surface area (Å²) < 4.78 is 34.6. The van der Waals surface area contributed by atoms with Gasteiger partial charge in [-0.15, -0.1) is 0 Å². The Labute approximate surface area is 204 Å². The number of imidazole rings is 1. The number of benzene rings is 3. The number of aromatic nitrogens is 2. The van der Waals surface area contributed by atoms with Gasteiger partial charge >= 0.3 is 6.03 Å². The lowest BCUT2D eigenvalue weighted by atomic mass is 9.99. The van der Waals surface area contributed by atoms with Gasteiger partial charge in [-0.05, 0) is 48.4 Å². The maximum absolute atomic E-state index is 12.9. The van der Waals surface area contributed by atoms with Gasteiger partial charge in [-0.1, -0.05) is 48.5 Å². The number of urea groups is 1. The van der Waals surface area contributed by atoms with E-state index in [9.17, 15) is 13.2 Å². The van der Waals surface area contributed by atoms with Crippen molar-refractivity contribution in [1.82, 2.24) is 19.6 Å². The summed E-state index contributed by atoms with van der Waals surface area (Å²) >= 11 is 0. The van der Waals surface area contributed by atoms with Gasteiger partial charge in [-0.2, -0.15) is 0 Å². The van der Waals surface area contributed by atoms with Crippen LogP contribution in [-0.4, -0.2) is 31.1 Å². The predicted molar refractivity (Wildman–Crippen MR) is 133 cm³/mol. The topological polar surface area (TPSA) is 102 Å². The number of sulfonamides is 1. The van der Waals surface area contributed by atoms with Crippen LogP contribution in [0, 0.1) is 0 Å². The van der Waals surface area contributed by atoms with Crippen molar-refractivity contribution in [2.24, 2.45) is 7.05 Å². The number of amides is 2. The molecule has 8 nitrogen and oxygen atoms in total. The highest BCUT2D eigenvalue weighted by atomic mass is 32.2. The molecule has 9 heteroatoms. The van der Waals surface area contributed by atoms with Crippen LogP contribution in [0.5, 0.6) is 5.75 Å². The Morgan fingerprint density at radius 1 is 0.971 bits per heavy atom. The van der Waals surface area contributed by atoms with Gasteiger partial charge in [0, 0.05) is 12.6 Å². The second-order valence-electron chi connectivity index (χ2n) is 7.95. The Morgan fingerprint density at radius 2 is 1.60 bits per heavy atom. The van der Waals surface area contributed by atoms with Crippen LogP contribution in [0.1, 0.15) is 17.3 Å². The molecule has 0 spiro atoms. The van der Waals surface area contributed by atoms with Crippen LogP contribution in [0.4, 0.5) is 4.79 Å². The van der Waals surface area contributed by atoms with E-state index in [1.807, 2.05) is 66.2 Å². The van der Waals surface area contributed by atoms with Gasteiger partial charge in [0.2, 0.25) is 0 Å². The predicted octanol–water partition coefficient (Wildman–Crippen LogP) is 4.07. The summed E-state index contributed by atoms with van der Waals surface area (Å²) in [5.41, 5.74) is 3.28. The van der Waals surface area contributed by atoms with E-state index in [1.54, 1.807) is 31.6 Å². The minimum atomic E-state index is -4.03. The molecule has 0 saturated carbocycles. The Kier molecular flexibility index (Phi) is 7.17. The molecule has 4 aromatic rings. The quantitative estimate of drug-likeness (QED) is 0.388. The minimum Gasteiger partial charge on any atom is -0.497 e. The molecule has 35 heavy (non-hydrogen) atoms. The normalized spacial score (nSPS) is 12.1. The lowest BCUT2D eigenvalue weighted by Crippen LogP contribution is -2.42. The third-order valence-electron chi connectivity index (χ3n) is 5.53. The molecule has 180 valence electrons. The maximum atomic E-state index is 12.9. The molecule has 2 N–H and O–H groups in total. The summed E-state index contributed by atoms with van der Waals surface area (Å²) in [5.74, 6) is 0.724. The monoisotopic (exact) mass is 490 g/mol. The summed E-state index contributed by atoms with van der Waals surface area (Å²) in [7, 11) is -0.552. The molecule has 2 amide bonds. The largest absolute Gasteiger partial charge is 0.497 e. The number of carbonyl (C=O) groups is 1. The molecule has 0 radical (unpaired) electrons. The molecule has 1 heterocycles. The lowest BCUT2D eigenvalue weighted by Gasteiger charge is -2.20. The summed E-state index contributed by atoms with van der Waals surface area (Å²) in [5, 5.41) is 2.82. The number of hydrogen-bond donors (Lipinski definition) is 2. The van der Waals surface area contributed by atoms with Gasteiger partial charge in [-0.3, -0.25) is 0 Å². The molecule has 4 rings (SSSR count). The molecule has 3 aromatic carbocycles. The fraction of sp³-hybridized carbons (Fsp3) is 0.154. The molecule has 0 aliphatic carbocycles. The number of ether oxygens (including phenoxy) is 1. The van der Waals surface area contributed by atoms with Crippen LogP contribution >= 0.6 is 0 Å². The summed E-state index contributed by atoms with van der Waals surface area (Å²) in [6.45, 7) is 0. The maximum Gasteiger partial charge on any atom is 0.329 e. The Hall–Kier alpha value is -4.11. The van der Waals surface area contributed by atoms with Gasteiger partial charge in [0.25, 0.3) is 10.0 Å². The summed E-state index contributed by atoms with van der Waals surface area (Å²) in [4.78, 5) is 17.5. The van der Waals surface area contributed by atoms with E-state index in [4.69, 9.17) is 4.74 Å². The molecule has 1 unspecified atom stereocenters. The van der Waals surface area contributed by atoms with Crippen LogP contribution in [0.25, 0.3) is 11.3 Å². The molecular weight excluding hydrogens is 464 g/mol. The van der Waals surface area contributed by atoms with Gasteiger partial charge in [0.1, 0.15) is 5.75 Å². The van der Waals surface area contributed by atoms with Crippen molar-refractivity contribution in [3.8, 4) is 17.0 Å². The zero-order chi connectivity index (χ0) is 24.8. The molecule has 0 aliphatic rings. The number of rotatable bonds is 8. The van der Waals surface area contributed by atoms with Crippen LogP contribution in [0.3, 0.4) is 0 Å². The molecule has 0 fully saturated rings. The lowest BCUT2D eigenvalue weighted by molar-refractivity contribution is 0.242. The van der Waals surface area contributed by atoms with Crippen molar-refractivity contribution in [3.63, 3.8) is 0 Å². The molecule has 0 aliphatic heterocycles. The molecule has 0 saturated heterocycles. The third kappa shape index (κ3) is 5.70. The van der Waals surface area contributed by atoms with Crippen LogP contribution in [0.2, 0.25) is 0 Å². The van der Waals surface area contributed by atoms with Crippen LogP contribution in [0.15, 0.2) is 96.2 Å². The van der Waals surface area contributed by atoms with Crippen LogP contribution in [-0.2, 0) is 23.5 Å². The van der Waals surface area contributed by atoms with E-state index in [-0.39, 0.29) is 4.90 Å². The second kappa shape index (κ2) is 10.4. The van der Waals surface area contributed by atoms with E-state index in [0.29, 0.717) is 12.1 Å². The SMILES string of the molecule is COc1ccc(-c2c(C(Cc3ccccc3)NC(=O)NS(=O)(=O)c3ccccc3)ncn2C)cc1. The molecule has 0 bridgehead atoms. The average Bonchev–Trinajstić information content (AvgIpc) is 3.26. The standard InChI is InChI=1S/C26H26N4O4S/c1-30-18-27-24(25(30)20-13-15-21(34-2)16-14-20)23(17-19-9-5-3-6-10-19)28-26(31)29-35(32,33)22-11-7-4-8-12-22/h3-16,18,23H,17H2,1-2H3,(H2,28,29,31). The Balaban J connectivity index is 1.66. The van der Waals surface area contributed by atoms with Crippen molar-refractivity contribution in [3.05, 3.63) is 103 Å². The van der Waals surface area contributed by atoms with Gasteiger partial charge < -0.3 is 14.6 Å². The van der Waals surface area contributed by atoms with E-state index >= 15 is 0 Å². The zero-order valence-corrected chi connectivity index (χ0v) is 20.2. The van der Waals surface area contributed by atoms with Crippen molar-refractivity contribution < 1.29 is 17.9 Å². The first-order chi connectivity index (χ1) is 16.9. The second-order valence-corrected chi connectivity index (χ2v) is 9.63. The number of hydrogen-bond acceptors (Lipinski definition) is 5. The van der Waals surface area contributed by atoms with Crippen molar-refractivity contribution in [2.75, 3.05) is 7.11 Å². The Morgan fingerprint density at radius 3 is 2.23 bits per heavy atom. The smallest absolute Gasteiger partial charge is 0.329 e. The van der Waals surface area contributed by atoms with Gasteiger partial charge in [-0.25, -0.2) is 22.9 Å². The molecule has 1 atom stereocenters. The number of nitrogens with zero attached hydrogens (tertiary/aromatic N) is 2. The first-order valence-electron chi connectivity index (χ1n) is 11.0. The third-order valence-corrected chi connectivity index (χ3v) is 6.87. The van der Waals surface area contributed by atoms with Crippen molar-refractivity contribution >= 4 is 16.1 Å². The zero-order valence-electron chi connectivity index (χ0n) is 19.4. The molecule has 1 aromatic heterocycles. The number of nitrogens with one attached hydrogen (secondary N) is 2. The van der Waals surface area contributed by atoms with Crippen LogP contribution < -0.4 is 14.8 Å². The summed E-state index contributed by atoms with van der Waals surface area (Å²) in [6, 6.07) is 23.5. The number of aryl methyl sites for hydroxylation is 1. The van der Waals surface area contributed by atoms with Crippen molar-refractivity contribution in [2.45, 2.75) is 17.4 Å². The van der Waals surface area contributed by atoms with Gasteiger partial charge in [0.15, 0.2) is 0 Å². The van der Waals surface area contributed by atoms with Gasteiger partial charge in [0.05, 0.1) is 35.8 Å². The summed E-state index contributed by atoms with van der Waals surface area (Å²) in [6.07, 6.45) is 2.09.